The third-order valence-corrected chi connectivity index (χ3v) is 4.50. The largest absolute Gasteiger partial charge is 0.378 e. The Kier molecular flexibility index (Phi) is 5.21. The minimum absolute atomic E-state index is 0.0732. The van der Waals surface area contributed by atoms with Crippen molar-refractivity contribution in [1.82, 2.24) is 24.5 Å². The summed E-state index contributed by atoms with van der Waals surface area (Å²) in [7, 11) is 0. The molecule has 0 aliphatic carbocycles. The maximum atomic E-state index is 13.2. The van der Waals surface area contributed by atoms with Gasteiger partial charge in [-0.25, -0.2) is 27.6 Å². The summed E-state index contributed by atoms with van der Waals surface area (Å²) in [5.41, 5.74) is 0.139. The lowest BCUT2D eigenvalue weighted by molar-refractivity contribution is -0.122. The molecule has 0 atom stereocenters. The molecular weight excluding hydrogens is 386 g/mol. The standard InChI is InChI=1S/C18H18F2N6O3/c19-13-7-12(8-14(20)9-13)10-22-15(27)11-26-18(28)25-2-1-21-16(17(25)23-26)24-3-5-29-6-4-24/h1-2,7-9H,3-6,10-11H2,(H,22,27). The Morgan fingerprint density at radius 3 is 2.62 bits per heavy atom. The fourth-order valence-corrected chi connectivity index (χ4v) is 3.14. The highest BCUT2D eigenvalue weighted by atomic mass is 19.1. The van der Waals surface area contributed by atoms with Gasteiger partial charge in [0, 0.05) is 38.1 Å². The van der Waals surface area contributed by atoms with Crippen LogP contribution in [0.4, 0.5) is 14.6 Å². The van der Waals surface area contributed by atoms with Crippen molar-refractivity contribution in [2.24, 2.45) is 0 Å². The molecular formula is C18H18F2N6O3. The Morgan fingerprint density at radius 1 is 1.17 bits per heavy atom. The molecule has 9 nitrogen and oxygen atoms in total. The van der Waals surface area contributed by atoms with Crippen LogP contribution in [0.3, 0.4) is 0 Å². The topological polar surface area (TPSA) is 93.8 Å². The van der Waals surface area contributed by atoms with E-state index in [1.54, 1.807) is 0 Å². The van der Waals surface area contributed by atoms with E-state index in [0.717, 1.165) is 22.9 Å². The number of nitrogens with zero attached hydrogens (tertiary/aromatic N) is 5. The molecule has 1 amide bonds. The fourth-order valence-electron chi connectivity index (χ4n) is 3.14. The van der Waals surface area contributed by atoms with Gasteiger partial charge < -0.3 is 15.0 Å². The fraction of sp³-hybridized carbons (Fsp3) is 0.333. The van der Waals surface area contributed by atoms with Gasteiger partial charge in [-0.05, 0) is 17.7 Å². The van der Waals surface area contributed by atoms with Crippen LogP contribution in [0.25, 0.3) is 5.65 Å². The van der Waals surface area contributed by atoms with Crippen LogP contribution in [-0.2, 0) is 22.6 Å². The SMILES string of the molecule is O=C(Cn1nc2c(N3CCOCC3)nccn2c1=O)NCc1cc(F)cc(F)c1. The van der Waals surface area contributed by atoms with Gasteiger partial charge in [-0.15, -0.1) is 5.10 Å². The summed E-state index contributed by atoms with van der Waals surface area (Å²) < 4.78 is 34.2. The molecule has 0 radical (unpaired) electrons. The Hall–Kier alpha value is -3.34. The number of carbonyl (C=O) groups excluding carboxylic acids is 1. The van der Waals surface area contributed by atoms with E-state index in [2.05, 4.69) is 15.4 Å². The summed E-state index contributed by atoms with van der Waals surface area (Å²) in [5, 5.41) is 6.78. The van der Waals surface area contributed by atoms with Gasteiger partial charge >= 0.3 is 5.69 Å². The number of amides is 1. The summed E-state index contributed by atoms with van der Waals surface area (Å²) in [6.07, 6.45) is 2.99. The van der Waals surface area contributed by atoms with Gasteiger partial charge in [-0.1, -0.05) is 0 Å². The van der Waals surface area contributed by atoms with E-state index in [4.69, 9.17) is 4.74 Å². The van der Waals surface area contributed by atoms with Crippen LogP contribution in [0.2, 0.25) is 0 Å². The average Bonchev–Trinajstić information content (AvgIpc) is 3.02. The minimum Gasteiger partial charge on any atom is -0.378 e. The van der Waals surface area contributed by atoms with Gasteiger partial charge in [-0.3, -0.25) is 4.79 Å². The molecule has 11 heteroatoms. The first-order valence-electron chi connectivity index (χ1n) is 9.00. The van der Waals surface area contributed by atoms with E-state index in [1.807, 2.05) is 4.90 Å². The van der Waals surface area contributed by atoms with Crippen LogP contribution in [0, 0.1) is 11.6 Å². The number of hydrogen-bond acceptors (Lipinski definition) is 6. The third kappa shape index (κ3) is 4.09. The first kappa shape index (κ1) is 19.0. The molecule has 1 aliphatic heterocycles. The van der Waals surface area contributed by atoms with Crippen LogP contribution in [-0.4, -0.2) is 51.4 Å². The van der Waals surface area contributed by atoms with Gasteiger partial charge in [0.1, 0.15) is 18.2 Å². The third-order valence-electron chi connectivity index (χ3n) is 4.50. The summed E-state index contributed by atoms with van der Waals surface area (Å²) in [5.74, 6) is -1.42. The second-order valence-corrected chi connectivity index (χ2v) is 6.54. The second-order valence-electron chi connectivity index (χ2n) is 6.54. The maximum absolute atomic E-state index is 13.2. The zero-order valence-corrected chi connectivity index (χ0v) is 15.3. The van der Waals surface area contributed by atoms with Crippen molar-refractivity contribution in [1.29, 1.82) is 0 Å². The first-order chi connectivity index (χ1) is 14.0. The van der Waals surface area contributed by atoms with Crippen molar-refractivity contribution in [2.75, 3.05) is 31.2 Å². The van der Waals surface area contributed by atoms with E-state index >= 15 is 0 Å². The number of benzene rings is 1. The number of fused-ring (bicyclic) bond motifs is 1. The molecule has 2 aromatic heterocycles. The molecule has 152 valence electrons. The minimum atomic E-state index is -0.728. The van der Waals surface area contributed by atoms with Crippen LogP contribution in [0.15, 0.2) is 35.4 Å². The van der Waals surface area contributed by atoms with Crippen molar-refractivity contribution in [3.05, 3.63) is 58.3 Å². The predicted octanol–water partition coefficient (Wildman–Crippen LogP) is 0.322. The van der Waals surface area contributed by atoms with E-state index in [9.17, 15) is 18.4 Å². The molecule has 0 spiro atoms. The summed E-state index contributed by atoms with van der Waals surface area (Å²) in [6.45, 7) is 1.95. The second kappa shape index (κ2) is 7.95. The Balaban J connectivity index is 1.51. The smallest absolute Gasteiger partial charge is 0.350 e. The highest BCUT2D eigenvalue weighted by Gasteiger charge is 2.20. The monoisotopic (exact) mass is 404 g/mol. The molecule has 3 heterocycles. The zero-order valence-electron chi connectivity index (χ0n) is 15.3. The molecule has 4 rings (SSSR count). The van der Waals surface area contributed by atoms with Gasteiger partial charge in [0.2, 0.25) is 11.6 Å². The maximum Gasteiger partial charge on any atom is 0.350 e. The van der Waals surface area contributed by atoms with Gasteiger partial charge in [0.25, 0.3) is 0 Å². The molecule has 1 fully saturated rings. The highest BCUT2D eigenvalue weighted by molar-refractivity contribution is 5.75. The summed E-state index contributed by atoms with van der Waals surface area (Å²) in [6, 6.07) is 3.00. The molecule has 0 saturated carbocycles. The predicted molar refractivity (Wildman–Crippen MR) is 98.5 cm³/mol. The molecule has 1 aromatic carbocycles. The lowest BCUT2D eigenvalue weighted by Gasteiger charge is -2.27. The molecule has 0 unspecified atom stereocenters. The number of anilines is 1. The van der Waals surface area contributed by atoms with Gasteiger partial charge in [0.15, 0.2) is 5.82 Å². The highest BCUT2D eigenvalue weighted by Crippen LogP contribution is 2.16. The summed E-state index contributed by atoms with van der Waals surface area (Å²) >= 11 is 0. The Labute approximate surface area is 163 Å². The van der Waals surface area contributed by atoms with E-state index in [1.165, 1.54) is 16.8 Å². The van der Waals surface area contributed by atoms with Crippen LogP contribution in [0.1, 0.15) is 5.56 Å². The van der Waals surface area contributed by atoms with Crippen LogP contribution in [0.5, 0.6) is 0 Å². The Morgan fingerprint density at radius 2 is 1.90 bits per heavy atom. The van der Waals surface area contributed by atoms with Crippen molar-refractivity contribution < 1.29 is 18.3 Å². The number of nitrogens with one attached hydrogen (secondary N) is 1. The summed E-state index contributed by atoms with van der Waals surface area (Å²) in [4.78, 5) is 31.1. The molecule has 1 saturated heterocycles. The average molecular weight is 404 g/mol. The number of aromatic nitrogens is 4. The normalized spacial score (nSPS) is 14.3. The molecule has 1 N–H and O–H groups in total. The van der Waals surface area contributed by atoms with Crippen molar-refractivity contribution >= 4 is 17.4 Å². The number of morpholine rings is 1. The number of ether oxygens (including phenoxy) is 1. The zero-order chi connectivity index (χ0) is 20.4. The lowest BCUT2D eigenvalue weighted by atomic mass is 10.2. The van der Waals surface area contributed by atoms with E-state index in [-0.39, 0.29) is 18.7 Å². The van der Waals surface area contributed by atoms with E-state index < -0.39 is 23.2 Å². The van der Waals surface area contributed by atoms with Crippen molar-refractivity contribution in [2.45, 2.75) is 13.1 Å². The molecule has 1 aliphatic rings. The van der Waals surface area contributed by atoms with Gasteiger partial charge in [0.05, 0.1) is 13.2 Å². The lowest BCUT2D eigenvalue weighted by Crippen LogP contribution is -2.37. The molecule has 3 aromatic rings. The van der Waals surface area contributed by atoms with E-state index in [0.29, 0.717) is 37.8 Å². The van der Waals surface area contributed by atoms with Crippen LogP contribution >= 0.6 is 0 Å². The van der Waals surface area contributed by atoms with Crippen molar-refractivity contribution in [3.8, 4) is 0 Å². The van der Waals surface area contributed by atoms with Gasteiger partial charge in [-0.2, -0.15) is 0 Å². The first-order valence-corrected chi connectivity index (χ1v) is 9.00. The quantitative estimate of drug-likeness (QED) is 0.659. The Bertz CT molecular complexity index is 1090. The van der Waals surface area contributed by atoms with Crippen LogP contribution < -0.4 is 15.9 Å². The number of carbonyl (C=O) groups is 1. The number of hydrogen-bond donors (Lipinski definition) is 1. The van der Waals surface area contributed by atoms with Crippen molar-refractivity contribution in [3.63, 3.8) is 0 Å². The molecule has 0 bridgehead atoms. The number of halogens is 2. The number of rotatable bonds is 5. The molecule has 29 heavy (non-hydrogen) atoms.